The van der Waals surface area contributed by atoms with Gasteiger partial charge in [0.2, 0.25) is 6.10 Å². The summed E-state index contributed by atoms with van der Waals surface area (Å²) in [5, 5.41) is 10.7. The second-order valence-electron chi connectivity index (χ2n) is 3.78. The van der Waals surface area contributed by atoms with Gasteiger partial charge in [-0.2, -0.15) is 0 Å². The lowest BCUT2D eigenvalue weighted by atomic mass is 10.2. The molecule has 1 aromatic carbocycles. The van der Waals surface area contributed by atoms with E-state index < -0.39 is 16.9 Å². The first kappa shape index (κ1) is 14.9. The Kier molecular flexibility index (Phi) is 5.22. The molecule has 1 aromatic rings. The second-order valence-corrected chi connectivity index (χ2v) is 3.78. The van der Waals surface area contributed by atoms with Crippen molar-refractivity contribution in [1.82, 2.24) is 5.43 Å². The third-order valence-corrected chi connectivity index (χ3v) is 2.40. The summed E-state index contributed by atoms with van der Waals surface area (Å²) in [5.74, 6) is 4.69. The van der Waals surface area contributed by atoms with Crippen molar-refractivity contribution in [3.8, 4) is 5.75 Å². The number of aryl methyl sites for hydroxylation is 1. The van der Waals surface area contributed by atoms with Gasteiger partial charge in [0.05, 0.1) is 17.6 Å². The van der Waals surface area contributed by atoms with Gasteiger partial charge in [-0.25, -0.2) is 5.84 Å². The van der Waals surface area contributed by atoms with Crippen molar-refractivity contribution in [2.45, 2.75) is 13.0 Å². The highest BCUT2D eigenvalue weighted by atomic mass is 16.6. The van der Waals surface area contributed by atoms with Gasteiger partial charge in [-0.3, -0.25) is 20.3 Å². The Morgan fingerprint density at radius 3 is 2.79 bits per heavy atom. The Morgan fingerprint density at radius 1 is 1.58 bits per heavy atom. The summed E-state index contributed by atoms with van der Waals surface area (Å²) in [6.45, 7) is 1.69. The molecule has 0 aliphatic carbocycles. The van der Waals surface area contributed by atoms with Gasteiger partial charge >= 0.3 is 0 Å². The van der Waals surface area contributed by atoms with E-state index in [1.165, 1.54) is 25.3 Å². The molecule has 1 unspecified atom stereocenters. The van der Waals surface area contributed by atoms with Gasteiger partial charge in [0.25, 0.3) is 11.6 Å². The summed E-state index contributed by atoms with van der Waals surface area (Å²) in [6.07, 6.45) is -0.976. The fourth-order valence-electron chi connectivity index (χ4n) is 1.39. The number of nitrogens with zero attached hydrogens (tertiary/aromatic N) is 1. The normalized spacial score (nSPS) is 11.7. The molecule has 0 aromatic heterocycles. The lowest BCUT2D eigenvalue weighted by molar-refractivity contribution is -0.385. The average Bonchev–Trinajstić information content (AvgIpc) is 2.39. The molecule has 19 heavy (non-hydrogen) atoms. The van der Waals surface area contributed by atoms with Crippen molar-refractivity contribution in [2.75, 3.05) is 13.7 Å². The number of benzene rings is 1. The second kappa shape index (κ2) is 6.66. The molecule has 0 heterocycles. The number of rotatable bonds is 6. The van der Waals surface area contributed by atoms with Crippen molar-refractivity contribution in [3.63, 3.8) is 0 Å². The van der Waals surface area contributed by atoms with Crippen molar-refractivity contribution < 1.29 is 19.2 Å². The number of nitrogens with two attached hydrogens (primary N) is 1. The maximum Gasteiger partial charge on any atom is 0.277 e. The molecule has 0 aliphatic heterocycles. The lowest BCUT2D eigenvalue weighted by Gasteiger charge is -2.17. The third kappa shape index (κ3) is 3.90. The predicted molar refractivity (Wildman–Crippen MR) is 66.5 cm³/mol. The maximum absolute atomic E-state index is 11.5. The van der Waals surface area contributed by atoms with Crippen LogP contribution in [0.1, 0.15) is 5.56 Å². The Bertz CT molecular complexity index is 477. The zero-order valence-electron chi connectivity index (χ0n) is 10.6. The number of non-ortho nitro benzene ring substituents is 1. The first-order valence-electron chi connectivity index (χ1n) is 5.40. The molecule has 1 rings (SSSR count). The van der Waals surface area contributed by atoms with Gasteiger partial charge in [-0.05, 0) is 18.6 Å². The van der Waals surface area contributed by atoms with E-state index in [9.17, 15) is 14.9 Å². The standard InChI is InChI=1S/C11H15N3O5/c1-7-3-4-8(14(16)17)5-9(7)19-10(6-18-2)11(15)13-12/h3-5,10H,6,12H2,1-2H3,(H,13,15). The van der Waals surface area contributed by atoms with Crippen LogP contribution in [0.25, 0.3) is 0 Å². The van der Waals surface area contributed by atoms with Crippen LogP contribution in [0.15, 0.2) is 18.2 Å². The Morgan fingerprint density at radius 2 is 2.26 bits per heavy atom. The van der Waals surface area contributed by atoms with Gasteiger partial charge < -0.3 is 9.47 Å². The van der Waals surface area contributed by atoms with Gasteiger partial charge in [-0.15, -0.1) is 0 Å². The van der Waals surface area contributed by atoms with Crippen molar-refractivity contribution in [3.05, 3.63) is 33.9 Å². The topological polar surface area (TPSA) is 117 Å². The minimum atomic E-state index is -0.976. The summed E-state index contributed by atoms with van der Waals surface area (Å²) in [6, 6.07) is 4.15. The summed E-state index contributed by atoms with van der Waals surface area (Å²) in [4.78, 5) is 21.6. The molecule has 3 N–H and O–H groups in total. The van der Waals surface area contributed by atoms with E-state index in [-0.39, 0.29) is 18.0 Å². The first-order valence-corrected chi connectivity index (χ1v) is 5.40. The summed E-state index contributed by atoms with van der Waals surface area (Å²) >= 11 is 0. The van der Waals surface area contributed by atoms with E-state index in [4.69, 9.17) is 15.3 Å². The van der Waals surface area contributed by atoms with Crippen LogP contribution in [0.2, 0.25) is 0 Å². The number of methoxy groups -OCH3 is 1. The van der Waals surface area contributed by atoms with E-state index >= 15 is 0 Å². The number of nitrogens with one attached hydrogen (secondary N) is 1. The van der Waals surface area contributed by atoms with Gasteiger partial charge in [0, 0.05) is 13.2 Å². The molecule has 104 valence electrons. The van der Waals surface area contributed by atoms with Crippen LogP contribution in [-0.2, 0) is 9.53 Å². The Labute approximate surface area is 109 Å². The largest absolute Gasteiger partial charge is 0.478 e. The highest BCUT2D eigenvalue weighted by molar-refractivity contribution is 5.80. The molecule has 8 heteroatoms. The number of nitro benzene ring substituents is 1. The van der Waals surface area contributed by atoms with E-state index in [0.717, 1.165) is 0 Å². The van der Waals surface area contributed by atoms with E-state index in [1.807, 2.05) is 5.43 Å². The van der Waals surface area contributed by atoms with Crippen LogP contribution in [0.4, 0.5) is 5.69 Å². The van der Waals surface area contributed by atoms with E-state index in [1.54, 1.807) is 6.92 Å². The van der Waals surface area contributed by atoms with Crippen LogP contribution >= 0.6 is 0 Å². The molecule has 8 nitrogen and oxygen atoms in total. The fourth-order valence-corrected chi connectivity index (χ4v) is 1.39. The number of carbonyl (C=O) groups excluding carboxylic acids is 1. The summed E-state index contributed by atoms with van der Waals surface area (Å²) in [5.41, 5.74) is 2.49. The van der Waals surface area contributed by atoms with Crippen molar-refractivity contribution in [2.24, 2.45) is 5.84 Å². The number of carbonyl (C=O) groups is 1. The molecule has 0 aliphatic rings. The van der Waals surface area contributed by atoms with Crippen LogP contribution in [-0.4, -0.2) is 30.7 Å². The fraction of sp³-hybridized carbons (Fsp3) is 0.364. The van der Waals surface area contributed by atoms with Crippen LogP contribution in [0.3, 0.4) is 0 Å². The molecular formula is C11H15N3O5. The number of amides is 1. The smallest absolute Gasteiger partial charge is 0.277 e. The molecule has 0 saturated carbocycles. The Balaban J connectivity index is 2.97. The van der Waals surface area contributed by atoms with E-state index in [0.29, 0.717) is 5.56 Å². The SMILES string of the molecule is COCC(Oc1cc([N+](=O)[O-])ccc1C)C(=O)NN. The van der Waals surface area contributed by atoms with Crippen LogP contribution in [0, 0.1) is 17.0 Å². The minimum Gasteiger partial charge on any atom is -0.478 e. The summed E-state index contributed by atoms with van der Waals surface area (Å²) in [7, 11) is 1.40. The molecule has 0 fully saturated rings. The molecule has 1 atom stereocenters. The number of hydrogen-bond acceptors (Lipinski definition) is 6. The van der Waals surface area contributed by atoms with Gasteiger partial charge in [0.15, 0.2) is 0 Å². The first-order chi connectivity index (χ1) is 8.99. The quantitative estimate of drug-likeness (QED) is 0.332. The van der Waals surface area contributed by atoms with Crippen LogP contribution in [0.5, 0.6) is 5.75 Å². The van der Waals surface area contributed by atoms with E-state index in [2.05, 4.69) is 0 Å². The molecular weight excluding hydrogens is 254 g/mol. The maximum atomic E-state index is 11.5. The van der Waals surface area contributed by atoms with Crippen molar-refractivity contribution in [1.29, 1.82) is 0 Å². The third-order valence-electron chi connectivity index (χ3n) is 2.40. The van der Waals surface area contributed by atoms with Gasteiger partial charge in [-0.1, -0.05) is 0 Å². The molecule has 1 amide bonds. The zero-order valence-corrected chi connectivity index (χ0v) is 10.6. The molecule has 0 saturated heterocycles. The monoisotopic (exact) mass is 269 g/mol. The lowest BCUT2D eigenvalue weighted by Crippen LogP contribution is -2.44. The number of hydrazine groups is 1. The highest BCUT2D eigenvalue weighted by Gasteiger charge is 2.21. The zero-order chi connectivity index (χ0) is 14.4. The molecule has 0 bridgehead atoms. The average molecular weight is 269 g/mol. The molecule has 0 spiro atoms. The number of hydrogen-bond donors (Lipinski definition) is 2. The predicted octanol–water partition coefficient (Wildman–Crippen LogP) is 0.287. The summed E-state index contributed by atoms with van der Waals surface area (Å²) < 4.78 is 10.2. The number of ether oxygens (including phenoxy) is 2. The highest BCUT2D eigenvalue weighted by Crippen LogP contribution is 2.25. The Hall–Kier alpha value is -2.19. The molecule has 0 radical (unpaired) electrons. The van der Waals surface area contributed by atoms with Crippen LogP contribution < -0.4 is 16.0 Å². The number of nitro groups is 1. The van der Waals surface area contributed by atoms with Gasteiger partial charge in [0.1, 0.15) is 5.75 Å². The minimum absolute atomic E-state index is 0.0227. The van der Waals surface area contributed by atoms with Crippen molar-refractivity contribution >= 4 is 11.6 Å².